The van der Waals surface area contributed by atoms with Crippen LogP contribution in [-0.2, 0) is 11.8 Å². The molecular formula is C28H37N3O2. The van der Waals surface area contributed by atoms with Crippen LogP contribution in [0.3, 0.4) is 0 Å². The minimum absolute atomic E-state index is 0.0596. The van der Waals surface area contributed by atoms with E-state index in [1.54, 1.807) is 4.57 Å². The molecule has 1 aliphatic carbocycles. The quantitative estimate of drug-likeness (QED) is 0.535. The van der Waals surface area contributed by atoms with Crippen LogP contribution in [-0.4, -0.2) is 40.9 Å². The van der Waals surface area contributed by atoms with E-state index < -0.39 is 0 Å². The van der Waals surface area contributed by atoms with Crippen molar-refractivity contribution in [1.29, 1.82) is 0 Å². The molecule has 5 heteroatoms. The maximum absolute atomic E-state index is 12.4. The van der Waals surface area contributed by atoms with Gasteiger partial charge < -0.3 is 14.5 Å². The minimum Gasteiger partial charge on any atom is -0.354 e. The standard InChI is InChI=1S/C28H37N3O2/c1-16(2)26-23-13-20(21-10-19(11-21)12-22(32)14-30(5)6)8-9-25(23)29-27(26)24-15-31(7)28(33)18(4)17(24)3/h8-9,13,15-16,19,21,29H,10-12,14H2,1-7H3. The summed E-state index contributed by atoms with van der Waals surface area (Å²) in [5.74, 6) is 1.74. The zero-order valence-corrected chi connectivity index (χ0v) is 21.1. The molecule has 1 fully saturated rings. The Balaban J connectivity index is 1.66. The number of aromatic nitrogens is 2. The van der Waals surface area contributed by atoms with E-state index in [0.717, 1.165) is 40.7 Å². The summed E-state index contributed by atoms with van der Waals surface area (Å²) in [6.07, 6.45) is 4.85. The molecule has 0 saturated heterocycles. The molecule has 3 aromatic rings. The first kappa shape index (κ1) is 23.5. The van der Waals surface area contributed by atoms with Gasteiger partial charge in [-0.1, -0.05) is 19.9 Å². The first-order valence-corrected chi connectivity index (χ1v) is 12.1. The van der Waals surface area contributed by atoms with E-state index in [4.69, 9.17) is 0 Å². The van der Waals surface area contributed by atoms with Gasteiger partial charge in [0.1, 0.15) is 5.78 Å². The van der Waals surface area contributed by atoms with E-state index >= 15 is 0 Å². The highest BCUT2D eigenvalue weighted by Crippen LogP contribution is 2.45. The predicted octanol–water partition coefficient (Wildman–Crippen LogP) is 5.29. The number of likely N-dealkylation sites (N-methyl/N-ethyl adjacent to an activating group) is 1. The van der Waals surface area contributed by atoms with Crippen LogP contribution in [0, 0.1) is 19.8 Å². The molecule has 1 aromatic carbocycles. The van der Waals surface area contributed by atoms with Crippen molar-refractivity contribution in [3.05, 3.63) is 57.0 Å². The van der Waals surface area contributed by atoms with Crippen LogP contribution in [0.4, 0.5) is 0 Å². The zero-order valence-electron chi connectivity index (χ0n) is 21.1. The molecule has 5 nitrogen and oxygen atoms in total. The third-order valence-electron chi connectivity index (χ3n) is 7.36. The molecule has 0 bridgehead atoms. The number of hydrogen-bond donors (Lipinski definition) is 1. The summed E-state index contributed by atoms with van der Waals surface area (Å²) in [6.45, 7) is 8.96. The molecule has 4 rings (SSSR count). The van der Waals surface area contributed by atoms with Gasteiger partial charge in [-0.05, 0) is 87.4 Å². The van der Waals surface area contributed by atoms with Crippen molar-refractivity contribution in [2.24, 2.45) is 13.0 Å². The predicted molar refractivity (Wildman–Crippen MR) is 136 cm³/mol. The van der Waals surface area contributed by atoms with Gasteiger partial charge in [0.2, 0.25) is 0 Å². The van der Waals surface area contributed by atoms with E-state index in [1.807, 2.05) is 46.1 Å². The molecule has 1 saturated carbocycles. The Morgan fingerprint density at radius 3 is 2.52 bits per heavy atom. The van der Waals surface area contributed by atoms with E-state index in [1.165, 1.54) is 16.5 Å². The highest BCUT2D eigenvalue weighted by Gasteiger charge is 2.32. The maximum atomic E-state index is 12.4. The Morgan fingerprint density at radius 2 is 1.88 bits per heavy atom. The number of benzene rings is 1. The van der Waals surface area contributed by atoms with Crippen molar-refractivity contribution in [2.45, 2.75) is 58.8 Å². The van der Waals surface area contributed by atoms with Gasteiger partial charge in [-0.15, -0.1) is 0 Å². The van der Waals surface area contributed by atoms with Crippen molar-refractivity contribution in [3.63, 3.8) is 0 Å². The summed E-state index contributed by atoms with van der Waals surface area (Å²) >= 11 is 0. The summed E-state index contributed by atoms with van der Waals surface area (Å²) in [5, 5.41) is 1.27. The summed E-state index contributed by atoms with van der Waals surface area (Å²) in [7, 11) is 5.72. The molecule has 2 aromatic heterocycles. The van der Waals surface area contributed by atoms with Gasteiger partial charge in [0.15, 0.2) is 0 Å². The van der Waals surface area contributed by atoms with E-state index in [0.29, 0.717) is 36.5 Å². The fraction of sp³-hybridized carbons (Fsp3) is 0.500. The average Bonchev–Trinajstić information content (AvgIpc) is 3.09. The molecule has 1 aliphatic rings. The van der Waals surface area contributed by atoms with Gasteiger partial charge in [0.05, 0.1) is 12.2 Å². The summed E-state index contributed by atoms with van der Waals surface area (Å²) in [4.78, 5) is 30.2. The molecule has 0 atom stereocenters. The summed E-state index contributed by atoms with van der Waals surface area (Å²) in [5.41, 5.74) is 7.94. The smallest absolute Gasteiger partial charge is 0.253 e. The average molecular weight is 448 g/mol. The molecule has 1 N–H and O–H groups in total. The Bertz CT molecular complexity index is 1260. The number of nitrogens with zero attached hydrogens (tertiary/aromatic N) is 2. The van der Waals surface area contributed by atoms with Gasteiger partial charge in [-0.2, -0.15) is 0 Å². The highest BCUT2D eigenvalue weighted by atomic mass is 16.1. The third-order valence-corrected chi connectivity index (χ3v) is 7.36. The number of aromatic amines is 1. The van der Waals surface area contributed by atoms with Crippen LogP contribution in [0.15, 0.2) is 29.2 Å². The number of carbonyl (C=O) groups is 1. The van der Waals surface area contributed by atoms with Crippen molar-refractivity contribution in [3.8, 4) is 11.3 Å². The van der Waals surface area contributed by atoms with Gasteiger partial charge in [0.25, 0.3) is 5.56 Å². The van der Waals surface area contributed by atoms with Gasteiger partial charge >= 0.3 is 0 Å². The zero-order chi connectivity index (χ0) is 24.0. The molecule has 0 amide bonds. The number of nitrogens with one attached hydrogen (secondary N) is 1. The normalized spacial score (nSPS) is 18.3. The Kier molecular flexibility index (Phi) is 6.37. The number of aryl methyl sites for hydroxylation is 1. The van der Waals surface area contributed by atoms with Crippen molar-refractivity contribution < 1.29 is 4.79 Å². The molecule has 0 radical (unpaired) electrons. The number of pyridine rings is 1. The van der Waals surface area contributed by atoms with Crippen LogP contribution in [0.5, 0.6) is 0 Å². The molecule has 0 spiro atoms. The minimum atomic E-state index is 0.0596. The Labute approximate surface area is 196 Å². The first-order valence-electron chi connectivity index (χ1n) is 12.1. The molecule has 2 heterocycles. The van der Waals surface area contributed by atoms with Crippen LogP contribution < -0.4 is 5.56 Å². The van der Waals surface area contributed by atoms with Crippen LogP contribution in [0.25, 0.3) is 22.2 Å². The van der Waals surface area contributed by atoms with Crippen molar-refractivity contribution in [2.75, 3.05) is 20.6 Å². The second kappa shape index (κ2) is 8.94. The van der Waals surface area contributed by atoms with Gasteiger partial charge in [0, 0.05) is 41.7 Å². The lowest BCUT2D eigenvalue weighted by Gasteiger charge is -2.35. The lowest BCUT2D eigenvalue weighted by atomic mass is 9.69. The maximum Gasteiger partial charge on any atom is 0.253 e. The fourth-order valence-corrected chi connectivity index (χ4v) is 5.44. The molecular weight excluding hydrogens is 410 g/mol. The topological polar surface area (TPSA) is 58.1 Å². The Hall–Kier alpha value is -2.66. The lowest BCUT2D eigenvalue weighted by molar-refractivity contribution is -0.121. The number of Topliss-reactive ketones (excluding diaryl/α,β-unsaturated/α-hetero) is 1. The van der Waals surface area contributed by atoms with Crippen LogP contribution in [0.2, 0.25) is 0 Å². The molecule has 0 unspecified atom stereocenters. The molecule has 33 heavy (non-hydrogen) atoms. The summed E-state index contributed by atoms with van der Waals surface area (Å²) < 4.78 is 1.69. The number of fused-ring (bicyclic) bond motifs is 1. The number of hydrogen-bond acceptors (Lipinski definition) is 3. The van der Waals surface area contributed by atoms with E-state index in [-0.39, 0.29) is 5.56 Å². The Morgan fingerprint density at radius 1 is 1.18 bits per heavy atom. The fourth-order valence-electron chi connectivity index (χ4n) is 5.44. The van der Waals surface area contributed by atoms with Gasteiger partial charge in [-0.3, -0.25) is 9.59 Å². The van der Waals surface area contributed by atoms with Gasteiger partial charge in [-0.25, -0.2) is 0 Å². The monoisotopic (exact) mass is 447 g/mol. The number of H-pyrrole nitrogens is 1. The second-order valence-electron chi connectivity index (χ2n) is 10.6. The van der Waals surface area contributed by atoms with Crippen LogP contribution >= 0.6 is 0 Å². The second-order valence-corrected chi connectivity index (χ2v) is 10.6. The van der Waals surface area contributed by atoms with Crippen molar-refractivity contribution in [1.82, 2.24) is 14.5 Å². The summed E-state index contributed by atoms with van der Waals surface area (Å²) in [6, 6.07) is 6.81. The largest absolute Gasteiger partial charge is 0.354 e. The number of rotatable bonds is 7. The SMILES string of the molecule is Cc1c(-c2[nH]c3ccc(C4CC(CC(=O)CN(C)C)C4)cc3c2C(C)C)cn(C)c(=O)c1C. The number of carbonyl (C=O) groups excluding carboxylic acids is 1. The van der Waals surface area contributed by atoms with E-state index in [9.17, 15) is 9.59 Å². The van der Waals surface area contributed by atoms with Crippen molar-refractivity contribution >= 4 is 16.7 Å². The first-order chi connectivity index (χ1) is 15.6. The molecule has 0 aliphatic heterocycles. The van der Waals surface area contributed by atoms with Crippen LogP contribution in [0.1, 0.15) is 67.2 Å². The highest BCUT2D eigenvalue weighted by molar-refractivity contribution is 5.92. The third kappa shape index (κ3) is 4.43. The molecule has 176 valence electrons. The van der Waals surface area contributed by atoms with E-state index in [2.05, 4.69) is 37.0 Å². The lowest BCUT2D eigenvalue weighted by Crippen LogP contribution is -2.28. The number of ketones is 1.